The lowest BCUT2D eigenvalue weighted by Crippen LogP contribution is -2.19. The SMILES string of the molecule is COC(=O)c1c(C)c2ccccc2n1S(=O)(=O)c1ccccc1. The molecule has 3 rings (SSSR count). The van der Waals surface area contributed by atoms with E-state index >= 15 is 0 Å². The molecule has 5 nitrogen and oxygen atoms in total. The number of hydrogen-bond acceptors (Lipinski definition) is 4. The van der Waals surface area contributed by atoms with E-state index in [0.29, 0.717) is 16.5 Å². The smallest absolute Gasteiger partial charge is 0.356 e. The number of hydrogen-bond donors (Lipinski definition) is 0. The Bertz CT molecular complexity index is 988. The average molecular weight is 329 g/mol. The monoisotopic (exact) mass is 329 g/mol. The van der Waals surface area contributed by atoms with Crippen molar-refractivity contribution in [3.63, 3.8) is 0 Å². The van der Waals surface area contributed by atoms with E-state index in [4.69, 9.17) is 4.74 Å². The third-order valence-electron chi connectivity index (χ3n) is 3.75. The lowest BCUT2D eigenvalue weighted by atomic mass is 10.1. The Morgan fingerprint density at radius 1 is 1.00 bits per heavy atom. The quantitative estimate of drug-likeness (QED) is 0.693. The summed E-state index contributed by atoms with van der Waals surface area (Å²) in [5.41, 5.74) is 1.05. The van der Waals surface area contributed by atoms with Gasteiger partial charge in [0.05, 0.1) is 17.5 Å². The zero-order valence-corrected chi connectivity index (χ0v) is 13.5. The van der Waals surface area contributed by atoms with Gasteiger partial charge in [-0.25, -0.2) is 17.2 Å². The molecule has 0 atom stereocenters. The largest absolute Gasteiger partial charge is 0.464 e. The summed E-state index contributed by atoms with van der Waals surface area (Å²) in [5.74, 6) is -0.682. The molecule has 0 saturated heterocycles. The van der Waals surface area contributed by atoms with Gasteiger partial charge in [-0.3, -0.25) is 0 Å². The Balaban J connectivity index is 2.43. The highest BCUT2D eigenvalue weighted by molar-refractivity contribution is 7.90. The number of nitrogens with zero attached hydrogens (tertiary/aromatic N) is 1. The van der Waals surface area contributed by atoms with Gasteiger partial charge in [0.1, 0.15) is 5.69 Å². The Hall–Kier alpha value is -2.60. The van der Waals surface area contributed by atoms with E-state index in [-0.39, 0.29) is 10.6 Å². The molecule has 1 aromatic heterocycles. The van der Waals surface area contributed by atoms with Gasteiger partial charge in [0, 0.05) is 5.39 Å². The molecule has 0 bridgehead atoms. The van der Waals surface area contributed by atoms with Crippen LogP contribution in [0.5, 0.6) is 0 Å². The third kappa shape index (κ3) is 2.31. The molecule has 0 aliphatic rings. The van der Waals surface area contributed by atoms with Crippen LogP contribution in [0.15, 0.2) is 59.5 Å². The minimum atomic E-state index is -3.91. The van der Waals surface area contributed by atoms with Crippen LogP contribution in [0, 0.1) is 6.92 Å². The molecular weight excluding hydrogens is 314 g/mol. The average Bonchev–Trinajstić information content (AvgIpc) is 2.89. The van der Waals surface area contributed by atoms with Crippen LogP contribution >= 0.6 is 0 Å². The molecule has 1 heterocycles. The molecule has 0 fully saturated rings. The number of aromatic nitrogens is 1. The second kappa shape index (κ2) is 5.55. The Kier molecular flexibility index (Phi) is 3.69. The molecule has 0 unspecified atom stereocenters. The fourth-order valence-corrected chi connectivity index (χ4v) is 4.23. The van der Waals surface area contributed by atoms with E-state index in [1.165, 1.54) is 19.2 Å². The molecule has 0 N–H and O–H groups in total. The summed E-state index contributed by atoms with van der Waals surface area (Å²) >= 11 is 0. The molecule has 0 amide bonds. The highest BCUT2D eigenvalue weighted by atomic mass is 32.2. The minimum Gasteiger partial charge on any atom is -0.464 e. The topological polar surface area (TPSA) is 65.4 Å². The molecule has 0 spiro atoms. The first-order valence-corrected chi connectivity index (χ1v) is 8.41. The summed E-state index contributed by atoms with van der Waals surface area (Å²) in [4.78, 5) is 12.3. The van der Waals surface area contributed by atoms with Gasteiger partial charge >= 0.3 is 5.97 Å². The number of ether oxygens (including phenoxy) is 1. The van der Waals surface area contributed by atoms with Gasteiger partial charge in [0.2, 0.25) is 0 Å². The van der Waals surface area contributed by atoms with Crippen molar-refractivity contribution in [2.24, 2.45) is 0 Å². The van der Waals surface area contributed by atoms with Gasteiger partial charge in [-0.2, -0.15) is 0 Å². The summed E-state index contributed by atoms with van der Waals surface area (Å²) in [6.07, 6.45) is 0. The summed E-state index contributed by atoms with van der Waals surface area (Å²) in [7, 11) is -2.68. The molecule has 2 aromatic carbocycles. The molecule has 0 radical (unpaired) electrons. The second-order valence-corrected chi connectivity index (χ2v) is 6.85. The van der Waals surface area contributed by atoms with E-state index in [9.17, 15) is 13.2 Å². The fraction of sp³-hybridized carbons (Fsp3) is 0.118. The van der Waals surface area contributed by atoms with Crippen LogP contribution in [0.25, 0.3) is 10.9 Å². The highest BCUT2D eigenvalue weighted by Gasteiger charge is 2.29. The molecule has 0 aliphatic heterocycles. The molecule has 3 aromatic rings. The first-order chi connectivity index (χ1) is 11.0. The maximum atomic E-state index is 13.1. The van der Waals surface area contributed by atoms with Crippen LogP contribution < -0.4 is 0 Å². The number of esters is 1. The number of benzene rings is 2. The number of carbonyl (C=O) groups excluding carboxylic acids is 1. The van der Waals surface area contributed by atoms with Crippen LogP contribution in [-0.2, 0) is 14.8 Å². The van der Waals surface area contributed by atoms with Gasteiger partial charge in [0.25, 0.3) is 10.0 Å². The van der Waals surface area contributed by atoms with Gasteiger partial charge in [0.15, 0.2) is 0 Å². The Morgan fingerprint density at radius 3 is 2.26 bits per heavy atom. The lowest BCUT2D eigenvalue weighted by Gasteiger charge is -2.11. The lowest BCUT2D eigenvalue weighted by molar-refractivity contribution is 0.0592. The normalized spacial score (nSPS) is 11.6. The zero-order valence-electron chi connectivity index (χ0n) is 12.7. The van der Waals surface area contributed by atoms with Crippen LogP contribution in [0.3, 0.4) is 0 Å². The molecule has 6 heteroatoms. The summed E-state index contributed by atoms with van der Waals surface area (Å²) in [6.45, 7) is 1.71. The zero-order chi connectivity index (χ0) is 16.6. The van der Waals surface area contributed by atoms with Crippen LogP contribution in [0.2, 0.25) is 0 Å². The first kappa shape index (κ1) is 15.3. The van der Waals surface area contributed by atoms with Crippen molar-refractivity contribution in [1.29, 1.82) is 0 Å². The van der Waals surface area contributed by atoms with E-state index in [1.54, 1.807) is 49.4 Å². The number of rotatable bonds is 3. The maximum absolute atomic E-state index is 13.1. The summed E-state index contributed by atoms with van der Waals surface area (Å²) < 4.78 is 32.0. The van der Waals surface area contributed by atoms with Gasteiger partial charge in [-0.1, -0.05) is 36.4 Å². The predicted molar refractivity (Wildman–Crippen MR) is 87.0 cm³/mol. The van der Waals surface area contributed by atoms with Gasteiger partial charge < -0.3 is 4.74 Å². The fourth-order valence-electron chi connectivity index (χ4n) is 2.65. The number of carbonyl (C=O) groups is 1. The van der Waals surface area contributed by atoms with E-state index in [2.05, 4.69) is 0 Å². The van der Waals surface area contributed by atoms with Gasteiger partial charge in [-0.05, 0) is 30.7 Å². The summed E-state index contributed by atoms with van der Waals surface area (Å²) in [6, 6.07) is 15.0. The van der Waals surface area contributed by atoms with Crippen molar-refractivity contribution >= 4 is 26.9 Å². The molecular formula is C17H15NO4S. The predicted octanol–water partition coefficient (Wildman–Crippen LogP) is 2.97. The van der Waals surface area contributed by atoms with Gasteiger partial charge in [-0.15, -0.1) is 0 Å². The number of para-hydroxylation sites is 1. The molecule has 0 aliphatic carbocycles. The van der Waals surface area contributed by atoms with E-state index < -0.39 is 16.0 Å². The number of aryl methyl sites for hydroxylation is 1. The van der Waals surface area contributed by atoms with Crippen molar-refractivity contribution in [2.45, 2.75) is 11.8 Å². The first-order valence-electron chi connectivity index (χ1n) is 6.97. The van der Waals surface area contributed by atoms with Crippen molar-refractivity contribution in [3.8, 4) is 0 Å². The molecule has 0 saturated carbocycles. The van der Waals surface area contributed by atoms with E-state index in [0.717, 1.165) is 3.97 Å². The summed E-state index contributed by atoms with van der Waals surface area (Å²) in [5, 5.41) is 0.701. The van der Waals surface area contributed by atoms with Crippen molar-refractivity contribution in [2.75, 3.05) is 7.11 Å². The molecule has 118 valence electrons. The molecule has 23 heavy (non-hydrogen) atoms. The van der Waals surface area contributed by atoms with E-state index in [1.807, 2.05) is 0 Å². The Labute approximate surface area is 134 Å². The third-order valence-corrected chi connectivity index (χ3v) is 5.47. The second-order valence-electron chi connectivity index (χ2n) is 5.06. The van der Waals surface area contributed by atoms with Crippen LogP contribution in [0.1, 0.15) is 16.1 Å². The Morgan fingerprint density at radius 2 is 1.61 bits per heavy atom. The maximum Gasteiger partial charge on any atom is 0.356 e. The van der Waals surface area contributed by atoms with Crippen molar-refractivity contribution in [3.05, 3.63) is 65.9 Å². The van der Waals surface area contributed by atoms with Crippen molar-refractivity contribution < 1.29 is 17.9 Å². The number of methoxy groups -OCH3 is 1. The van der Waals surface area contributed by atoms with Crippen LogP contribution in [-0.4, -0.2) is 25.5 Å². The highest BCUT2D eigenvalue weighted by Crippen LogP contribution is 2.30. The standard InChI is InChI=1S/C17H15NO4S/c1-12-14-10-6-7-11-15(14)18(16(12)17(19)22-2)23(20,21)13-8-4-3-5-9-13/h3-11H,1-2H3. The van der Waals surface area contributed by atoms with Crippen LogP contribution in [0.4, 0.5) is 0 Å². The van der Waals surface area contributed by atoms with Crippen molar-refractivity contribution in [1.82, 2.24) is 3.97 Å². The minimum absolute atomic E-state index is 0.0255. The number of fused-ring (bicyclic) bond motifs is 1.